The second-order valence-electron chi connectivity index (χ2n) is 16.0. The fourth-order valence-electron chi connectivity index (χ4n) is 10.9. The molecule has 0 saturated carbocycles. The number of hydrogen-bond donors (Lipinski definition) is 0. The zero-order chi connectivity index (χ0) is 38.7. The van der Waals surface area contributed by atoms with Crippen LogP contribution in [0.3, 0.4) is 0 Å². The van der Waals surface area contributed by atoms with Crippen molar-refractivity contribution >= 4 is 65.2 Å². The highest BCUT2D eigenvalue weighted by Crippen LogP contribution is 2.56. The molecule has 10 aromatic carbocycles. The summed E-state index contributed by atoms with van der Waals surface area (Å²) in [4.78, 5) is 0. The smallest absolute Gasteiger partial charge is 0.0713 e. The van der Waals surface area contributed by atoms with E-state index in [1.54, 1.807) is 0 Å². The largest absolute Gasteiger partial charge is 0.309 e. The molecule has 0 bridgehead atoms. The predicted molar refractivity (Wildman–Crippen MR) is 247 cm³/mol. The average molecular weight is 749 g/mol. The van der Waals surface area contributed by atoms with Crippen LogP contribution in [0.25, 0.3) is 87.7 Å². The molecule has 2 heteroatoms. The number of rotatable bonds is 4. The lowest BCUT2D eigenvalue weighted by molar-refractivity contribution is 0.768. The first-order chi connectivity index (χ1) is 29.3. The molecule has 13 rings (SSSR count). The van der Waals surface area contributed by atoms with Gasteiger partial charge in [-0.3, -0.25) is 0 Å². The molecular formula is C57H36N2. The van der Waals surface area contributed by atoms with Crippen molar-refractivity contribution in [2.45, 2.75) is 5.41 Å². The van der Waals surface area contributed by atoms with E-state index in [1.807, 2.05) is 0 Å². The molecule has 0 saturated heterocycles. The molecule has 0 N–H and O–H groups in total. The van der Waals surface area contributed by atoms with E-state index in [2.05, 4.69) is 228 Å². The zero-order valence-electron chi connectivity index (χ0n) is 32.2. The summed E-state index contributed by atoms with van der Waals surface area (Å²) in [6.07, 6.45) is 0. The van der Waals surface area contributed by atoms with Gasteiger partial charge in [0.05, 0.1) is 27.5 Å². The van der Waals surface area contributed by atoms with Crippen molar-refractivity contribution in [3.8, 4) is 22.5 Å². The second kappa shape index (κ2) is 12.2. The van der Waals surface area contributed by atoms with Crippen molar-refractivity contribution in [2.75, 3.05) is 0 Å². The van der Waals surface area contributed by atoms with Crippen LogP contribution in [0.15, 0.2) is 218 Å². The Bertz CT molecular complexity index is 3600. The number of nitrogens with zero attached hydrogens (tertiary/aromatic N) is 2. The summed E-state index contributed by atoms with van der Waals surface area (Å²) in [5.74, 6) is 0. The third-order valence-corrected chi connectivity index (χ3v) is 13.1. The summed E-state index contributed by atoms with van der Waals surface area (Å²) in [6.45, 7) is 0. The quantitative estimate of drug-likeness (QED) is 0.170. The van der Waals surface area contributed by atoms with E-state index in [9.17, 15) is 0 Å². The molecule has 2 aromatic heterocycles. The molecule has 0 atom stereocenters. The molecule has 0 spiro atoms. The molecule has 1 aliphatic carbocycles. The van der Waals surface area contributed by atoms with Crippen LogP contribution in [0.1, 0.15) is 22.3 Å². The van der Waals surface area contributed by atoms with E-state index in [1.165, 1.54) is 98.5 Å². The molecule has 2 heterocycles. The Kier molecular flexibility index (Phi) is 6.68. The molecule has 0 unspecified atom stereocenters. The fourth-order valence-corrected chi connectivity index (χ4v) is 10.9. The molecule has 0 fully saturated rings. The minimum atomic E-state index is -0.460. The molecule has 59 heavy (non-hydrogen) atoms. The minimum absolute atomic E-state index is 0.460. The SMILES string of the molecule is c1ccc(-n2c3ccccc3c3c4c5ccc6ccccc6c5n(-c5ccc(C6(c7ccccc7)c7ccccc7-c7ccccc76)cc5)c4c4ccccc4c32)cc1. The van der Waals surface area contributed by atoms with Crippen LogP contribution in [0.5, 0.6) is 0 Å². The molecule has 1 aliphatic rings. The average Bonchev–Trinajstić information content (AvgIpc) is 3.95. The standard InChI is InChI=1S/C57H36N2/c1-3-18-38(19-4-1)57(49-28-14-11-23-43(49)44-24-12-15-29-50(44)57)39-32-34-41(35-33-39)59-54-42-22-8-7-17-37(42)31-36-48(54)53-52-47-27-13-16-30-51(47)58(40-20-5-2-6-21-40)55(52)45-25-9-10-26-46(45)56(53)59/h1-36H. The van der Waals surface area contributed by atoms with Crippen LogP contribution in [0.2, 0.25) is 0 Å². The van der Waals surface area contributed by atoms with Crippen molar-refractivity contribution < 1.29 is 0 Å². The molecule has 274 valence electrons. The van der Waals surface area contributed by atoms with E-state index in [0.29, 0.717) is 0 Å². The maximum absolute atomic E-state index is 2.57. The van der Waals surface area contributed by atoms with Gasteiger partial charge in [-0.1, -0.05) is 188 Å². The van der Waals surface area contributed by atoms with Gasteiger partial charge in [0, 0.05) is 49.1 Å². The number of benzene rings is 10. The van der Waals surface area contributed by atoms with Crippen molar-refractivity contribution in [1.29, 1.82) is 0 Å². The number of aromatic nitrogens is 2. The molecule has 0 amide bonds. The maximum atomic E-state index is 2.57. The first-order valence-electron chi connectivity index (χ1n) is 20.5. The highest BCUT2D eigenvalue weighted by Gasteiger charge is 2.45. The van der Waals surface area contributed by atoms with Gasteiger partial charge in [0.25, 0.3) is 0 Å². The Morgan fingerprint density at radius 2 is 0.780 bits per heavy atom. The normalized spacial score (nSPS) is 13.2. The summed E-state index contributed by atoms with van der Waals surface area (Å²) in [5, 5.41) is 10.0. The summed E-state index contributed by atoms with van der Waals surface area (Å²) in [7, 11) is 0. The van der Waals surface area contributed by atoms with Gasteiger partial charge in [-0.2, -0.15) is 0 Å². The van der Waals surface area contributed by atoms with Crippen molar-refractivity contribution in [3.63, 3.8) is 0 Å². The van der Waals surface area contributed by atoms with Crippen LogP contribution < -0.4 is 0 Å². The van der Waals surface area contributed by atoms with Crippen LogP contribution in [0.4, 0.5) is 0 Å². The lowest BCUT2D eigenvalue weighted by atomic mass is 9.68. The molecular weight excluding hydrogens is 713 g/mol. The monoisotopic (exact) mass is 748 g/mol. The summed E-state index contributed by atoms with van der Waals surface area (Å²) in [5.41, 5.74) is 14.5. The highest BCUT2D eigenvalue weighted by molar-refractivity contribution is 6.38. The minimum Gasteiger partial charge on any atom is -0.309 e. The molecule has 2 nitrogen and oxygen atoms in total. The molecule has 12 aromatic rings. The first kappa shape index (κ1) is 32.4. The van der Waals surface area contributed by atoms with E-state index in [0.717, 1.165) is 11.4 Å². The van der Waals surface area contributed by atoms with Gasteiger partial charge in [-0.05, 0) is 69.1 Å². The summed E-state index contributed by atoms with van der Waals surface area (Å²) < 4.78 is 5.05. The number of fused-ring (bicyclic) bond motifs is 15. The summed E-state index contributed by atoms with van der Waals surface area (Å²) in [6, 6.07) is 81.0. The fraction of sp³-hybridized carbons (Fsp3) is 0.0175. The zero-order valence-corrected chi connectivity index (χ0v) is 32.2. The van der Waals surface area contributed by atoms with Gasteiger partial charge in [-0.25, -0.2) is 0 Å². The first-order valence-corrected chi connectivity index (χ1v) is 20.5. The van der Waals surface area contributed by atoms with Crippen LogP contribution in [-0.2, 0) is 5.41 Å². The van der Waals surface area contributed by atoms with Gasteiger partial charge >= 0.3 is 0 Å². The second-order valence-corrected chi connectivity index (χ2v) is 16.0. The predicted octanol–water partition coefficient (Wildman–Crippen LogP) is 14.6. The lowest BCUT2D eigenvalue weighted by Crippen LogP contribution is -2.28. The van der Waals surface area contributed by atoms with Crippen molar-refractivity contribution in [2.24, 2.45) is 0 Å². The Morgan fingerprint density at radius 1 is 0.288 bits per heavy atom. The lowest BCUT2D eigenvalue weighted by Gasteiger charge is -2.34. The van der Waals surface area contributed by atoms with E-state index in [-0.39, 0.29) is 0 Å². The topological polar surface area (TPSA) is 9.86 Å². The van der Waals surface area contributed by atoms with E-state index < -0.39 is 5.41 Å². The third kappa shape index (κ3) is 4.25. The highest BCUT2D eigenvalue weighted by atomic mass is 15.0. The van der Waals surface area contributed by atoms with Crippen LogP contribution in [0, 0.1) is 0 Å². The molecule has 0 radical (unpaired) electrons. The number of para-hydroxylation sites is 2. The Morgan fingerprint density at radius 3 is 1.47 bits per heavy atom. The van der Waals surface area contributed by atoms with Gasteiger partial charge < -0.3 is 9.13 Å². The van der Waals surface area contributed by atoms with Crippen molar-refractivity contribution in [1.82, 2.24) is 9.13 Å². The Labute approximate surface area is 341 Å². The van der Waals surface area contributed by atoms with E-state index >= 15 is 0 Å². The third-order valence-electron chi connectivity index (χ3n) is 13.1. The van der Waals surface area contributed by atoms with Gasteiger partial charge in [0.15, 0.2) is 0 Å². The van der Waals surface area contributed by atoms with Crippen LogP contribution >= 0.6 is 0 Å². The van der Waals surface area contributed by atoms with Crippen LogP contribution in [-0.4, -0.2) is 9.13 Å². The number of hydrogen-bond acceptors (Lipinski definition) is 0. The van der Waals surface area contributed by atoms with Gasteiger partial charge in [-0.15, -0.1) is 0 Å². The maximum Gasteiger partial charge on any atom is 0.0713 e. The Balaban J connectivity index is 1.18. The van der Waals surface area contributed by atoms with Gasteiger partial charge in [0.2, 0.25) is 0 Å². The summed E-state index contributed by atoms with van der Waals surface area (Å²) >= 11 is 0. The van der Waals surface area contributed by atoms with Gasteiger partial charge in [0.1, 0.15) is 0 Å². The molecule has 0 aliphatic heterocycles. The van der Waals surface area contributed by atoms with E-state index in [4.69, 9.17) is 0 Å². The van der Waals surface area contributed by atoms with Crippen molar-refractivity contribution in [3.05, 3.63) is 241 Å². The Hall–Kier alpha value is -7.68.